The molecule has 1 fully saturated rings. The second-order valence-corrected chi connectivity index (χ2v) is 7.30. The first-order chi connectivity index (χ1) is 12.7. The zero-order chi connectivity index (χ0) is 17.9. The van der Waals surface area contributed by atoms with Crippen LogP contribution in [0.5, 0.6) is 5.75 Å². The summed E-state index contributed by atoms with van der Waals surface area (Å²) in [6.07, 6.45) is 8.37. The van der Waals surface area contributed by atoms with Crippen molar-refractivity contribution in [3.63, 3.8) is 0 Å². The zero-order valence-corrected chi connectivity index (χ0v) is 14.9. The summed E-state index contributed by atoms with van der Waals surface area (Å²) in [5.41, 5.74) is 2.43. The smallest absolute Gasteiger partial charge is 0.257 e. The number of carbonyl (C=O) groups excluding carboxylic acids is 1. The monoisotopic (exact) mass is 355 g/mol. The summed E-state index contributed by atoms with van der Waals surface area (Å²) in [4.78, 5) is 14.4. The molecule has 26 heavy (non-hydrogen) atoms. The minimum absolute atomic E-state index is 0.0616. The maximum Gasteiger partial charge on any atom is 0.257 e. The van der Waals surface area contributed by atoms with Crippen LogP contribution < -0.4 is 4.74 Å². The van der Waals surface area contributed by atoms with Gasteiger partial charge < -0.3 is 19.2 Å². The van der Waals surface area contributed by atoms with Crippen LogP contribution >= 0.6 is 0 Å². The first-order valence-corrected chi connectivity index (χ1v) is 9.47. The summed E-state index contributed by atoms with van der Waals surface area (Å²) in [7, 11) is 0. The summed E-state index contributed by atoms with van der Waals surface area (Å²) in [6, 6.07) is 7.59. The van der Waals surface area contributed by atoms with Crippen molar-refractivity contribution in [1.29, 1.82) is 0 Å². The van der Waals surface area contributed by atoms with Crippen LogP contribution in [0.25, 0.3) is 0 Å². The maximum atomic E-state index is 12.7. The van der Waals surface area contributed by atoms with Gasteiger partial charge in [-0.05, 0) is 42.5 Å². The molecule has 1 aromatic heterocycles. The fourth-order valence-corrected chi connectivity index (χ4v) is 4.06. The Morgan fingerprint density at radius 1 is 1.19 bits per heavy atom. The predicted octanol–water partition coefficient (Wildman–Crippen LogP) is 3.93. The van der Waals surface area contributed by atoms with Crippen molar-refractivity contribution < 1.29 is 19.1 Å². The molecule has 1 N–H and O–H groups in total. The Bertz CT molecular complexity index is 749. The van der Waals surface area contributed by atoms with Gasteiger partial charge in [-0.25, -0.2) is 0 Å². The van der Waals surface area contributed by atoms with Crippen LogP contribution in [-0.2, 0) is 6.54 Å². The quantitative estimate of drug-likeness (QED) is 0.906. The highest BCUT2D eigenvalue weighted by molar-refractivity contribution is 5.93. The fraction of sp³-hybridized carbons (Fsp3) is 0.476. The van der Waals surface area contributed by atoms with E-state index >= 15 is 0 Å². The van der Waals surface area contributed by atoms with E-state index in [1.807, 2.05) is 18.2 Å². The Labute approximate surface area is 153 Å². The van der Waals surface area contributed by atoms with Gasteiger partial charge in [0.25, 0.3) is 5.91 Å². The minimum Gasteiger partial charge on any atom is -0.491 e. The highest BCUT2D eigenvalue weighted by atomic mass is 16.5. The number of ether oxygens (including phenoxy) is 1. The van der Waals surface area contributed by atoms with Gasteiger partial charge >= 0.3 is 0 Å². The van der Waals surface area contributed by atoms with E-state index in [2.05, 4.69) is 0 Å². The van der Waals surface area contributed by atoms with E-state index in [1.54, 1.807) is 11.0 Å². The van der Waals surface area contributed by atoms with E-state index in [0.717, 1.165) is 29.7 Å². The lowest BCUT2D eigenvalue weighted by Gasteiger charge is -2.27. The lowest BCUT2D eigenvalue weighted by Crippen LogP contribution is -2.32. The van der Waals surface area contributed by atoms with E-state index < -0.39 is 6.10 Å². The third-order valence-electron chi connectivity index (χ3n) is 5.56. The Kier molecular flexibility index (Phi) is 4.98. The van der Waals surface area contributed by atoms with Crippen molar-refractivity contribution in [3.8, 4) is 5.75 Å². The van der Waals surface area contributed by atoms with Gasteiger partial charge in [0.2, 0.25) is 0 Å². The lowest BCUT2D eigenvalue weighted by atomic mass is 9.82. The summed E-state index contributed by atoms with van der Waals surface area (Å²) in [5, 5.41) is 10.8. The third kappa shape index (κ3) is 3.49. The predicted molar refractivity (Wildman–Crippen MR) is 96.9 cm³/mol. The fourth-order valence-electron chi connectivity index (χ4n) is 4.06. The number of fused-ring (bicyclic) bond motifs is 1. The van der Waals surface area contributed by atoms with Crippen molar-refractivity contribution in [2.45, 2.75) is 44.8 Å². The van der Waals surface area contributed by atoms with E-state index in [9.17, 15) is 9.90 Å². The number of hydrogen-bond donors (Lipinski definition) is 1. The van der Waals surface area contributed by atoms with E-state index in [4.69, 9.17) is 9.15 Å². The molecule has 2 aromatic rings. The van der Waals surface area contributed by atoms with Gasteiger partial charge in [-0.1, -0.05) is 25.3 Å². The highest BCUT2D eigenvalue weighted by Gasteiger charge is 2.26. The zero-order valence-electron chi connectivity index (χ0n) is 14.9. The third-order valence-corrected chi connectivity index (χ3v) is 5.56. The number of nitrogens with zero attached hydrogens (tertiary/aromatic N) is 1. The van der Waals surface area contributed by atoms with Crippen molar-refractivity contribution in [3.05, 3.63) is 53.5 Å². The Morgan fingerprint density at radius 2 is 2.04 bits per heavy atom. The average molecular weight is 355 g/mol. The minimum atomic E-state index is -0.443. The molecule has 2 heterocycles. The van der Waals surface area contributed by atoms with Crippen LogP contribution in [0, 0.1) is 5.92 Å². The summed E-state index contributed by atoms with van der Waals surface area (Å²) < 4.78 is 10.9. The number of aliphatic hydroxyl groups is 1. The first-order valence-electron chi connectivity index (χ1n) is 9.47. The number of hydrogen-bond acceptors (Lipinski definition) is 4. The van der Waals surface area contributed by atoms with Crippen LogP contribution in [0.15, 0.2) is 41.2 Å². The van der Waals surface area contributed by atoms with E-state index in [-0.39, 0.29) is 5.91 Å². The van der Waals surface area contributed by atoms with Gasteiger partial charge in [0.1, 0.15) is 18.6 Å². The molecule has 1 aromatic carbocycles. The molecule has 1 aliphatic heterocycles. The number of carbonyl (C=O) groups is 1. The summed E-state index contributed by atoms with van der Waals surface area (Å²) >= 11 is 0. The molecule has 0 radical (unpaired) electrons. The second-order valence-electron chi connectivity index (χ2n) is 7.30. The molecule has 5 nitrogen and oxygen atoms in total. The van der Waals surface area contributed by atoms with E-state index in [1.165, 1.54) is 31.8 Å². The van der Waals surface area contributed by atoms with Crippen LogP contribution in [-0.4, -0.2) is 29.1 Å². The number of amides is 1. The van der Waals surface area contributed by atoms with Crippen LogP contribution in [0.1, 0.15) is 59.7 Å². The van der Waals surface area contributed by atoms with Gasteiger partial charge in [0.05, 0.1) is 24.5 Å². The van der Waals surface area contributed by atoms with Crippen molar-refractivity contribution in [2.75, 3.05) is 13.2 Å². The van der Waals surface area contributed by atoms with Gasteiger partial charge in [-0.15, -0.1) is 0 Å². The van der Waals surface area contributed by atoms with Crippen molar-refractivity contribution >= 4 is 5.91 Å². The van der Waals surface area contributed by atoms with Crippen molar-refractivity contribution in [1.82, 2.24) is 4.90 Å². The Hall–Kier alpha value is -2.27. The first kappa shape index (κ1) is 17.2. The molecule has 1 saturated carbocycles. The van der Waals surface area contributed by atoms with Crippen LogP contribution in [0.3, 0.4) is 0 Å². The van der Waals surface area contributed by atoms with Crippen LogP contribution in [0.4, 0.5) is 0 Å². The molecule has 0 bridgehead atoms. The largest absolute Gasteiger partial charge is 0.491 e. The summed E-state index contributed by atoms with van der Waals surface area (Å²) in [5.74, 6) is 1.07. The second kappa shape index (κ2) is 7.54. The van der Waals surface area contributed by atoms with Gasteiger partial charge in [-0.2, -0.15) is 0 Å². The highest BCUT2D eigenvalue weighted by Crippen LogP contribution is 2.36. The lowest BCUT2D eigenvalue weighted by molar-refractivity contribution is 0.0732. The number of rotatable bonds is 3. The van der Waals surface area contributed by atoms with E-state index in [0.29, 0.717) is 31.2 Å². The maximum absolute atomic E-state index is 12.7. The molecule has 4 rings (SSSR count). The molecule has 1 aliphatic carbocycles. The molecular weight excluding hydrogens is 330 g/mol. The average Bonchev–Trinajstić information content (AvgIpc) is 3.14. The number of benzene rings is 1. The molecule has 138 valence electrons. The SMILES string of the molecule is O=C(c1ccoc1)N1CCOc2ccc(C(O)C3CCCCC3)cc2C1. The molecule has 1 atom stereocenters. The Morgan fingerprint density at radius 3 is 2.81 bits per heavy atom. The number of furan rings is 1. The van der Waals surface area contributed by atoms with Gasteiger partial charge in [0, 0.05) is 12.1 Å². The molecule has 2 aliphatic rings. The van der Waals surface area contributed by atoms with Crippen LogP contribution in [0.2, 0.25) is 0 Å². The van der Waals surface area contributed by atoms with Gasteiger partial charge in [-0.3, -0.25) is 4.79 Å². The molecule has 5 heteroatoms. The molecule has 0 spiro atoms. The molecule has 1 unspecified atom stereocenters. The van der Waals surface area contributed by atoms with Crippen molar-refractivity contribution in [2.24, 2.45) is 5.92 Å². The standard InChI is InChI=1S/C21H25NO4/c23-20(15-4-2-1-3-5-15)16-6-7-19-18(12-16)13-22(9-11-26-19)21(24)17-8-10-25-14-17/h6-8,10,12,14-15,20,23H,1-5,9,11,13H2. The molecular formula is C21H25NO4. The normalized spacial score (nSPS) is 19.3. The topological polar surface area (TPSA) is 62.9 Å². The summed E-state index contributed by atoms with van der Waals surface area (Å²) in [6.45, 7) is 1.46. The Balaban J connectivity index is 1.55. The molecule has 1 amide bonds. The molecule has 0 saturated heterocycles. The number of aliphatic hydroxyl groups excluding tert-OH is 1. The van der Waals surface area contributed by atoms with Gasteiger partial charge in [0.15, 0.2) is 0 Å².